The fourth-order valence-electron chi connectivity index (χ4n) is 0.374. The molecule has 4 heteroatoms. The van der Waals surface area contributed by atoms with Crippen molar-refractivity contribution < 1.29 is 8.78 Å². The van der Waals surface area contributed by atoms with E-state index in [4.69, 9.17) is 5.73 Å². The van der Waals surface area contributed by atoms with E-state index >= 15 is 0 Å². The third kappa shape index (κ3) is 3.01. The van der Waals surface area contributed by atoms with Crippen LogP contribution in [-0.4, -0.2) is 24.0 Å². The number of rotatable bonds is 3. The molecule has 0 saturated heterocycles. The highest BCUT2D eigenvalue weighted by Crippen LogP contribution is 2.15. The van der Waals surface area contributed by atoms with E-state index in [0.717, 1.165) is 0 Å². The molecule has 1 nitrogen and oxygen atoms in total. The number of halogens is 2. The van der Waals surface area contributed by atoms with Gasteiger partial charge in [-0.2, -0.15) is 11.8 Å². The first-order valence-corrected chi connectivity index (χ1v) is 3.96. The quantitative estimate of drug-likeness (QED) is 0.665. The van der Waals surface area contributed by atoms with Crippen LogP contribution in [0.4, 0.5) is 8.78 Å². The van der Waals surface area contributed by atoms with Gasteiger partial charge in [0.25, 0.3) is 6.43 Å². The number of nitrogens with two attached hydrogens (primary N) is 1. The molecule has 0 saturated carbocycles. The number of thioether (sulfide) groups is 1. The van der Waals surface area contributed by atoms with Crippen molar-refractivity contribution in [2.45, 2.75) is 18.9 Å². The highest BCUT2D eigenvalue weighted by atomic mass is 32.2. The maximum atomic E-state index is 11.9. The molecule has 0 radical (unpaired) electrons. The molecule has 0 aromatic rings. The van der Waals surface area contributed by atoms with E-state index in [0.29, 0.717) is 5.75 Å². The van der Waals surface area contributed by atoms with Crippen LogP contribution in [0, 0.1) is 0 Å². The summed E-state index contributed by atoms with van der Waals surface area (Å²) in [5.74, 6) is 0.296. The third-order valence-corrected chi connectivity index (χ3v) is 1.86. The van der Waals surface area contributed by atoms with Crippen LogP contribution in [0.5, 0.6) is 0 Å². The van der Waals surface area contributed by atoms with E-state index in [1.54, 1.807) is 6.26 Å². The average molecular weight is 155 g/mol. The highest BCUT2D eigenvalue weighted by Gasteiger charge is 2.29. The molecular formula is C5H11F2NS. The zero-order chi connectivity index (χ0) is 7.49. The molecule has 2 N–H and O–H groups in total. The average Bonchev–Trinajstić information content (AvgIpc) is 1.65. The number of hydrogen-bond donors (Lipinski definition) is 1. The van der Waals surface area contributed by atoms with Crippen molar-refractivity contribution in [3.05, 3.63) is 0 Å². The van der Waals surface area contributed by atoms with Gasteiger partial charge in [0.1, 0.15) is 0 Å². The summed E-state index contributed by atoms with van der Waals surface area (Å²) in [6.45, 7) is 1.36. The van der Waals surface area contributed by atoms with Gasteiger partial charge in [0.15, 0.2) is 0 Å². The Balaban J connectivity index is 3.70. The van der Waals surface area contributed by atoms with Gasteiger partial charge in [-0.05, 0) is 13.2 Å². The molecular weight excluding hydrogens is 144 g/mol. The predicted molar refractivity (Wildman–Crippen MR) is 37.0 cm³/mol. The molecule has 1 unspecified atom stereocenters. The molecule has 9 heavy (non-hydrogen) atoms. The van der Waals surface area contributed by atoms with Crippen LogP contribution >= 0.6 is 11.8 Å². The lowest BCUT2D eigenvalue weighted by molar-refractivity contribution is 0.0765. The fraction of sp³-hybridized carbons (Fsp3) is 1.00. The SMILES string of the molecule is CSCC(C)(N)C(F)F. The van der Waals surface area contributed by atoms with Crippen molar-refractivity contribution in [1.29, 1.82) is 0 Å². The first-order chi connectivity index (χ1) is 4.00. The first-order valence-electron chi connectivity index (χ1n) is 2.56. The van der Waals surface area contributed by atoms with Gasteiger partial charge in [0, 0.05) is 5.75 Å². The summed E-state index contributed by atoms with van der Waals surface area (Å²) >= 11 is 1.33. The smallest absolute Gasteiger partial charge is 0.256 e. The summed E-state index contributed by atoms with van der Waals surface area (Å²) in [6.07, 6.45) is -0.669. The van der Waals surface area contributed by atoms with Crippen LogP contribution in [0.3, 0.4) is 0 Å². The minimum Gasteiger partial charge on any atom is -0.320 e. The van der Waals surface area contributed by atoms with Crippen molar-refractivity contribution in [1.82, 2.24) is 0 Å². The van der Waals surface area contributed by atoms with Gasteiger partial charge in [-0.1, -0.05) is 0 Å². The van der Waals surface area contributed by atoms with Gasteiger partial charge in [0.05, 0.1) is 5.54 Å². The van der Waals surface area contributed by atoms with E-state index in [1.807, 2.05) is 0 Å². The zero-order valence-electron chi connectivity index (χ0n) is 5.53. The maximum Gasteiger partial charge on any atom is 0.256 e. The first kappa shape index (κ1) is 9.17. The Bertz CT molecular complexity index is 85.0. The molecule has 0 amide bonds. The lowest BCUT2D eigenvalue weighted by Crippen LogP contribution is -2.46. The molecule has 0 rings (SSSR count). The van der Waals surface area contributed by atoms with Gasteiger partial charge < -0.3 is 5.73 Å². The molecule has 0 aliphatic rings. The Morgan fingerprint density at radius 1 is 1.67 bits per heavy atom. The van der Waals surface area contributed by atoms with E-state index in [9.17, 15) is 8.78 Å². The summed E-state index contributed by atoms with van der Waals surface area (Å²) in [5, 5.41) is 0. The molecule has 0 spiro atoms. The van der Waals surface area contributed by atoms with Gasteiger partial charge in [-0.25, -0.2) is 8.78 Å². The van der Waals surface area contributed by atoms with Crippen molar-refractivity contribution in [3.63, 3.8) is 0 Å². The monoisotopic (exact) mass is 155 g/mol. The molecule has 0 aliphatic carbocycles. The molecule has 0 aromatic heterocycles. The highest BCUT2D eigenvalue weighted by molar-refractivity contribution is 7.98. The Morgan fingerprint density at radius 2 is 2.11 bits per heavy atom. The Labute approximate surface area is 58.0 Å². The van der Waals surface area contributed by atoms with Crippen molar-refractivity contribution in [3.8, 4) is 0 Å². The second-order valence-electron chi connectivity index (χ2n) is 2.24. The molecule has 0 aromatic carbocycles. The fourth-order valence-corrected chi connectivity index (χ4v) is 1.12. The van der Waals surface area contributed by atoms with Gasteiger partial charge in [-0.3, -0.25) is 0 Å². The Kier molecular flexibility index (Phi) is 3.43. The molecule has 0 bridgehead atoms. The summed E-state index contributed by atoms with van der Waals surface area (Å²) in [7, 11) is 0. The van der Waals surface area contributed by atoms with Gasteiger partial charge >= 0.3 is 0 Å². The van der Waals surface area contributed by atoms with Crippen LogP contribution in [0.25, 0.3) is 0 Å². The minimum atomic E-state index is -2.43. The summed E-state index contributed by atoms with van der Waals surface area (Å²) in [6, 6.07) is 0. The third-order valence-electron chi connectivity index (χ3n) is 0.954. The normalized spacial score (nSPS) is 18.0. The summed E-state index contributed by atoms with van der Waals surface area (Å²) in [5.41, 5.74) is 3.88. The minimum absolute atomic E-state index is 0.296. The van der Waals surface area contributed by atoms with Crippen LogP contribution in [0.15, 0.2) is 0 Å². The Hall–Kier alpha value is 0.170. The summed E-state index contributed by atoms with van der Waals surface area (Å²) in [4.78, 5) is 0. The maximum absolute atomic E-state index is 11.9. The molecule has 0 fully saturated rings. The van der Waals surface area contributed by atoms with Crippen LogP contribution in [-0.2, 0) is 0 Å². The largest absolute Gasteiger partial charge is 0.320 e. The van der Waals surface area contributed by atoms with E-state index in [-0.39, 0.29) is 0 Å². The van der Waals surface area contributed by atoms with Crippen LogP contribution in [0.1, 0.15) is 6.92 Å². The molecule has 0 heterocycles. The lowest BCUT2D eigenvalue weighted by Gasteiger charge is -2.21. The van der Waals surface area contributed by atoms with Crippen LogP contribution < -0.4 is 5.73 Å². The van der Waals surface area contributed by atoms with Crippen LogP contribution in [0.2, 0.25) is 0 Å². The second kappa shape index (κ2) is 3.37. The van der Waals surface area contributed by atoms with Crippen molar-refractivity contribution >= 4 is 11.8 Å². The van der Waals surface area contributed by atoms with E-state index < -0.39 is 12.0 Å². The van der Waals surface area contributed by atoms with Crippen molar-refractivity contribution in [2.75, 3.05) is 12.0 Å². The standard InChI is InChI=1S/C5H11F2NS/c1-5(8,3-9-2)4(6)7/h4H,3,8H2,1-2H3. The number of hydrogen-bond acceptors (Lipinski definition) is 2. The lowest BCUT2D eigenvalue weighted by atomic mass is 10.1. The predicted octanol–water partition coefficient (Wildman–Crippen LogP) is 1.33. The zero-order valence-corrected chi connectivity index (χ0v) is 6.34. The number of alkyl halides is 2. The van der Waals surface area contributed by atoms with Gasteiger partial charge in [-0.15, -0.1) is 0 Å². The topological polar surface area (TPSA) is 26.0 Å². The van der Waals surface area contributed by atoms with Gasteiger partial charge in [0.2, 0.25) is 0 Å². The molecule has 1 atom stereocenters. The second-order valence-corrected chi connectivity index (χ2v) is 3.11. The van der Waals surface area contributed by atoms with E-state index in [2.05, 4.69) is 0 Å². The van der Waals surface area contributed by atoms with E-state index in [1.165, 1.54) is 18.7 Å². The Morgan fingerprint density at radius 3 is 2.22 bits per heavy atom. The summed E-state index contributed by atoms with van der Waals surface area (Å²) < 4.78 is 23.7. The molecule has 56 valence electrons. The molecule has 0 aliphatic heterocycles. The van der Waals surface area contributed by atoms with Crippen molar-refractivity contribution in [2.24, 2.45) is 5.73 Å².